The number of pyridine rings is 3. The minimum Gasteiger partial charge on any atom is -0.265 e. The number of benzene rings is 7. The lowest BCUT2D eigenvalue weighted by Crippen LogP contribution is -2.00. The van der Waals surface area contributed by atoms with Crippen LogP contribution in [0, 0.1) is 0 Å². The highest BCUT2D eigenvalue weighted by atomic mass is 15.0. The molecule has 4 aromatic heterocycles. The molecule has 0 saturated heterocycles. The first kappa shape index (κ1) is 33.4. The maximum absolute atomic E-state index is 5.35. The predicted octanol–water partition coefficient (Wildman–Crippen LogP) is 12.7. The molecule has 270 valence electrons. The van der Waals surface area contributed by atoms with Crippen LogP contribution in [0.4, 0.5) is 0 Å². The first-order chi connectivity index (χ1) is 28.7. The second-order valence-electron chi connectivity index (χ2n) is 14.4. The number of aromatic nitrogens is 6. The van der Waals surface area contributed by atoms with Crippen molar-refractivity contribution in [2.24, 2.45) is 0 Å². The van der Waals surface area contributed by atoms with Crippen molar-refractivity contribution >= 4 is 43.2 Å². The van der Waals surface area contributed by atoms with E-state index in [-0.39, 0.29) is 0 Å². The molecule has 11 rings (SSSR count). The van der Waals surface area contributed by atoms with Crippen LogP contribution in [-0.2, 0) is 0 Å². The van der Waals surface area contributed by atoms with Crippen molar-refractivity contribution in [1.82, 2.24) is 29.9 Å². The van der Waals surface area contributed by atoms with Gasteiger partial charge in [-0.2, -0.15) is 0 Å². The van der Waals surface area contributed by atoms with E-state index in [4.69, 9.17) is 19.9 Å². The summed E-state index contributed by atoms with van der Waals surface area (Å²) >= 11 is 0. The molecule has 0 unspecified atom stereocenters. The van der Waals surface area contributed by atoms with Crippen LogP contribution in [0.1, 0.15) is 0 Å². The molecule has 6 heteroatoms. The molecule has 7 aromatic carbocycles. The van der Waals surface area contributed by atoms with Crippen molar-refractivity contribution in [3.05, 3.63) is 195 Å². The van der Waals surface area contributed by atoms with Gasteiger partial charge in [-0.25, -0.2) is 19.9 Å². The molecule has 0 bridgehead atoms. The van der Waals surface area contributed by atoms with Crippen LogP contribution in [0.25, 0.3) is 111 Å². The molecule has 0 spiro atoms. The molecule has 0 aliphatic rings. The van der Waals surface area contributed by atoms with Gasteiger partial charge >= 0.3 is 0 Å². The minimum atomic E-state index is 0.566. The smallest absolute Gasteiger partial charge is 0.165 e. The lowest BCUT2D eigenvalue weighted by Gasteiger charge is -2.17. The minimum absolute atomic E-state index is 0.566. The molecule has 0 atom stereocenters. The van der Waals surface area contributed by atoms with E-state index in [0.29, 0.717) is 17.5 Å². The van der Waals surface area contributed by atoms with Crippen LogP contribution < -0.4 is 0 Å². The van der Waals surface area contributed by atoms with E-state index in [2.05, 4.69) is 156 Å². The van der Waals surface area contributed by atoms with Gasteiger partial charge in [-0.3, -0.25) is 9.97 Å². The van der Waals surface area contributed by atoms with Gasteiger partial charge in [0.1, 0.15) is 0 Å². The molecular formula is C52H32N6. The zero-order valence-electron chi connectivity index (χ0n) is 31.2. The quantitative estimate of drug-likeness (QED) is 0.158. The summed E-state index contributed by atoms with van der Waals surface area (Å²) < 4.78 is 0. The molecule has 0 radical (unpaired) electrons. The Bertz CT molecular complexity index is 3270. The Morgan fingerprint density at radius 3 is 1.74 bits per heavy atom. The van der Waals surface area contributed by atoms with E-state index in [1.54, 1.807) is 24.8 Å². The molecule has 58 heavy (non-hydrogen) atoms. The van der Waals surface area contributed by atoms with E-state index < -0.39 is 0 Å². The van der Waals surface area contributed by atoms with E-state index in [9.17, 15) is 0 Å². The van der Waals surface area contributed by atoms with E-state index in [1.165, 1.54) is 26.9 Å². The normalized spacial score (nSPS) is 11.4. The number of hydrogen-bond donors (Lipinski definition) is 0. The Labute approximate surface area is 334 Å². The van der Waals surface area contributed by atoms with Crippen LogP contribution in [0.5, 0.6) is 0 Å². The second-order valence-corrected chi connectivity index (χ2v) is 14.4. The zero-order valence-corrected chi connectivity index (χ0v) is 31.2. The van der Waals surface area contributed by atoms with Gasteiger partial charge in [0, 0.05) is 63.2 Å². The topological polar surface area (TPSA) is 77.3 Å². The summed E-state index contributed by atoms with van der Waals surface area (Å²) in [5.74, 6) is 1.74. The lowest BCUT2D eigenvalue weighted by molar-refractivity contribution is 1.07. The molecular weight excluding hydrogens is 709 g/mol. The first-order valence-corrected chi connectivity index (χ1v) is 19.2. The van der Waals surface area contributed by atoms with Crippen molar-refractivity contribution in [3.8, 4) is 67.7 Å². The van der Waals surface area contributed by atoms with Crippen molar-refractivity contribution in [2.45, 2.75) is 0 Å². The first-order valence-electron chi connectivity index (χ1n) is 19.2. The van der Waals surface area contributed by atoms with Gasteiger partial charge in [0.15, 0.2) is 17.5 Å². The van der Waals surface area contributed by atoms with E-state index in [1.807, 2.05) is 24.3 Å². The van der Waals surface area contributed by atoms with E-state index in [0.717, 1.165) is 66.5 Å². The number of hydrogen-bond acceptors (Lipinski definition) is 6. The van der Waals surface area contributed by atoms with Crippen LogP contribution in [0.3, 0.4) is 0 Å². The lowest BCUT2D eigenvalue weighted by atomic mass is 9.89. The van der Waals surface area contributed by atoms with Crippen LogP contribution in [-0.4, -0.2) is 29.9 Å². The highest BCUT2D eigenvalue weighted by Gasteiger charge is 2.18. The molecule has 0 saturated carbocycles. The van der Waals surface area contributed by atoms with Crippen LogP contribution in [0.2, 0.25) is 0 Å². The fraction of sp³-hybridized carbons (Fsp3) is 0. The molecule has 0 aliphatic heterocycles. The van der Waals surface area contributed by atoms with Crippen molar-refractivity contribution in [3.63, 3.8) is 0 Å². The third kappa shape index (κ3) is 5.92. The molecule has 0 fully saturated rings. The number of fused-ring (bicyclic) bond motifs is 6. The van der Waals surface area contributed by atoms with Gasteiger partial charge in [0.25, 0.3) is 0 Å². The Morgan fingerprint density at radius 2 is 0.948 bits per heavy atom. The standard InChI is InChI=1S/C52H32N6/c1-2-10-37-30-40(23-20-33(37)9-1)49-46-31-45(42-14-3-4-15-43(42)48(46)44-16-5-6-17-47(44)55-49)39-12-7-11-38(29-39)34-18-21-35(22-19-34)50-56-51(36-24-27-53-28-25-36)58-52(57-50)41-13-8-26-54-32-41/h1-32H. The number of rotatable bonds is 6. The largest absolute Gasteiger partial charge is 0.265 e. The van der Waals surface area contributed by atoms with Crippen molar-refractivity contribution in [2.75, 3.05) is 0 Å². The summed E-state index contributed by atoms with van der Waals surface area (Å²) in [6.45, 7) is 0. The third-order valence-electron chi connectivity index (χ3n) is 10.9. The van der Waals surface area contributed by atoms with Gasteiger partial charge in [-0.05, 0) is 92.3 Å². The van der Waals surface area contributed by atoms with Crippen LogP contribution in [0.15, 0.2) is 195 Å². The SMILES string of the molecule is c1cncc(-c2nc(-c3ccncc3)nc(-c3ccc(-c4cccc(-c5cc6c(-c7ccc8ccccc8c7)nc7ccccc7c6c6ccccc56)c4)cc3)n2)c1. The number of nitrogens with zero attached hydrogens (tertiary/aromatic N) is 6. The predicted molar refractivity (Wildman–Crippen MR) is 236 cm³/mol. The molecule has 4 heterocycles. The molecule has 0 amide bonds. The summed E-state index contributed by atoms with van der Waals surface area (Å²) in [5, 5.41) is 8.32. The Hall–Kier alpha value is -7.96. The molecule has 0 aliphatic carbocycles. The summed E-state index contributed by atoms with van der Waals surface area (Å²) in [5.41, 5.74) is 10.2. The fourth-order valence-electron chi connectivity index (χ4n) is 8.05. The maximum atomic E-state index is 5.35. The van der Waals surface area contributed by atoms with Crippen molar-refractivity contribution in [1.29, 1.82) is 0 Å². The summed E-state index contributed by atoms with van der Waals surface area (Å²) in [4.78, 5) is 28.4. The summed E-state index contributed by atoms with van der Waals surface area (Å²) in [6, 6.07) is 59.7. The van der Waals surface area contributed by atoms with Gasteiger partial charge in [-0.15, -0.1) is 0 Å². The Kier molecular flexibility index (Phi) is 8.04. The van der Waals surface area contributed by atoms with Gasteiger partial charge < -0.3 is 0 Å². The van der Waals surface area contributed by atoms with Crippen molar-refractivity contribution < 1.29 is 0 Å². The van der Waals surface area contributed by atoms with Gasteiger partial charge in [-0.1, -0.05) is 121 Å². The highest BCUT2D eigenvalue weighted by molar-refractivity contribution is 6.25. The molecule has 0 N–H and O–H groups in total. The monoisotopic (exact) mass is 740 g/mol. The van der Waals surface area contributed by atoms with Gasteiger partial charge in [0.2, 0.25) is 0 Å². The highest BCUT2D eigenvalue weighted by Crippen LogP contribution is 2.42. The third-order valence-corrected chi connectivity index (χ3v) is 10.9. The maximum Gasteiger partial charge on any atom is 0.165 e. The summed E-state index contributed by atoms with van der Waals surface area (Å²) in [7, 11) is 0. The second kappa shape index (κ2) is 14.0. The average Bonchev–Trinajstić information content (AvgIpc) is 3.31. The summed E-state index contributed by atoms with van der Waals surface area (Å²) in [6.07, 6.45) is 7.00. The van der Waals surface area contributed by atoms with Gasteiger partial charge in [0.05, 0.1) is 11.2 Å². The molecule has 11 aromatic rings. The van der Waals surface area contributed by atoms with E-state index >= 15 is 0 Å². The Morgan fingerprint density at radius 1 is 0.310 bits per heavy atom. The van der Waals surface area contributed by atoms with Crippen LogP contribution >= 0.6 is 0 Å². The Balaban J connectivity index is 1.03. The molecule has 6 nitrogen and oxygen atoms in total. The average molecular weight is 741 g/mol. The number of para-hydroxylation sites is 1. The zero-order chi connectivity index (χ0) is 38.4. The fourth-order valence-corrected chi connectivity index (χ4v) is 8.05.